The van der Waals surface area contributed by atoms with Crippen molar-refractivity contribution in [2.45, 2.75) is 128 Å². The Labute approximate surface area is 243 Å². The van der Waals surface area contributed by atoms with Gasteiger partial charge in [0.2, 0.25) is 0 Å². The maximum absolute atomic E-state index is 12.7. The van der Waals surface area contributed by atoms with Crippen LogP contribution >= 0.6 is 0 Å². The van der Waals surface area contributed by atoms with Crippen LogP contribution in [0.3, 0.4) is 0 Å². The summed E-state index contributed by atoms with van der Waals surface area (Å²) in [5.41, 5.74) is -0.559. The first-order valence-electron chi connectivity index (χ1n) is 15.7. The van der Waals surface area contributed by atoms with Crippen LogP contribution in [0.15, 0.2) is 11.6 Å². The highest BCUT2D eigenvalue weighted by atomic mass is 16.7. The first-order valence-corrected chi connectivity index (χ1v) is 15.7. The van der Waals surface area contributed by atoms with Gasteiger partial charge in [-0.05, 0) is 80.6 Å². The Morgan fingerprint density at radius 2 is 1.85 bits per heavy atom. The van der Waals surface area contributed by atoms with Gasteiger partial charge in [0.15, 0.2) is 6.29 Å². The van der Waals surface area contributed by atoms with Crippen LogP contribution in [0.4, 0.5) is 0 Å². The largest absolute Gasteiger partial charge is 0.462 e. The molecule has 6 rings (SSSR count). The zero-order chi connectivity index (χ0) is 29.3. The summed E-state index contributed by atoms with van der Waals surface area (Å²) >= 11 is 0. The molecule has 4 saturated carbocycles. The van der Waals surface area contributed by atoms with Crippen LogP contribution in [0, 0.1) is 34.5 Å². The van der Waals surface area contributed by atoms with Crippen LogP contribution in [0.25, 0.3) is 0 Å². The third-order valence-corrected chi connectivity index (χ3v) is 12.5. The van der Waals surface area contributed by atoms with Crippen LogP contribution < -0.4 is 0 Å². The number of esters is 2. The highest BCUT2D eigenvalue weighted by Gasteiger charge is 2.71. The quantitative estimate of drug-likeness (QED) is 0.373. The topological polar surface area (TPSA) is 121 Å². The molecule has 230 valence electrons. The maximum atomic E-state index is 12.7. The molecule has 9 nitrogen and oxygen atoms in total. The third-order valence-electron chi connectivity index (χ3n) is 12.5. The van der Waals surface area contributed by atoms with Crippen molar-refractivity contribution in [3.63, 3.8) is 0 Å². The smallest absolute Gasteiger partial charge is 0.331 e. The monoisotopic (exact) mass is 576 g/mol. The lowest BCUT2D eigenvalue weighted by molar-refractivity contribution is -0.273. The zero-order valence-corrected chi connectivity index (χ0v) is 25.2. The van der Waals surface area contributed by atoms with E-state index in [1.165, 1.54) is 6.92 Å². The third kappa shape index (κ3) is 4.69. The van der Waals surface area contributed by atoms with E-state index in [1.54, 1.807) is 13.2 Å². The van der Waals surface area contributed by atoms with E-state index in [9.17, 15) is 19.8 Å². The van der Waals surface area contributed by atoms with Crippen LogP contribution in [0.1, 0.15) is 85.5 Å². The molecule has 0 aromatic rings. The van der Waals surface area contributed by atoms with Gasteiger partial charge in [-0.1, -0.05) is 13.8 Å². The number of carbonyl (C=O) groups is 2. The van der Waals surface area contributed by atoms with Crippen LogP contribution in [-0.4, -0.2) is 78.3 Å². The van der Waals surface area contributed by atoms with Crippen molar-refractivity contribution in [1.82, 2.24) is 0 Å². The molecule has 0 radical (unpaired) electrons. The number of carbonyl (C=O) groups excluding carboxylic acids is 2. The molecule has 1 saturated heterocycles. The molecule has 2 heterocycles. The number of aliphatic hydroxyl groups is 2. The minimum atomic E-state index is -0.990. The van der Waals surface area contributed by atoms with Crippen molar-refractivity contribution in [2.75, 3.05) is 13.7 Å². The second kappa shape index (κ2) is 10.6. The predicted molar refractivity (Wildman–Crippen MR) is 147 cm³/mol. The van der Waals surface area contributed by atoms with Gasteiger partial charge >= 0.3 is 11.9 Å². The summed E-state index contributed by atoms with van der Waals surface area (Å²) in [6.07, 6.45) is 7.14. The van der Waals surface area contributed by atoms with Gasteiger partial charge in [-0.15, -0.1) is 0 Å². The van der Waals surface area contributed by atoms with Crippen LogP contribution in [-0.2, 0) is 33.3 Å². The summed E-state index contributed by atoms with van der Waals surface area (Å²) in [5.74, 6) is 0.0175. The van der Waals surface area contributed by atoms with Crippen molar-refractivity contribution < 1.29 is 43.5 Å². The van der Waals surface area contributed by atoms with Gasteiger partial charge in [0.25, 0.3) is 0 Å². The van der Waals surface area contributed by atoms with E-state index in [0.717, 1.165) is 50.5 Å². The number of hydrogen-bond donors (Lipinski definition) is 2. The zero-order valence-electron chi connectivity index (χ0n) is 25.2. The molecule has 13 atom stereocenters. The molecule has 0 spiro atoms. The number of rotatable bonds is 5. The Morgan fingerprint density at radius 3 is 2.54 bits per heavy atom. The van der Waals surface area contributed by atoms with Gasteiger partial charge in [0.1, 0.15) is 18.8 Å². The van der Waals surface area contributed by atoms with Gasteiger partial charge in [-0.2, -0.15) is 0 Å². The van der Waals surface area contributed by atoms with Crippen LogP contribution in [0.2, 0.25) is 0 Å². The average Bonchev–Trinajstić information content (AvgIpc) is 3.42. The highest BCUT2D eigenvalue weighted by molar-refractivity contribution is 5.85. The molecule has 5 fully saturated rings. The van der Waals surface area contributed by atoms with Crippen molar-refractivity contribution in [3.05, 3.63) is 11.6 Å². The molecular weight excluding hydrogens is 528 g/mol. The molecule has 0 aromatic carbocycles. The first kappa shape index (κ1) is 29.5. The van der Waals surface area contributed by atoms with E-state index in [0.29, 0.717) is 24.7 Å². The van der Waals surface area contributed by atoms with Gasteiger partial charge in [0.05, 0.1) is 23.9 Å². The molecule has 9 heteroatoms. The first-order chi connectivity index (χ1) is 19.4. The standard InChI is InChI=1S/C32H48O9/c1-17-29(35)24(37-5)14-27(39-17)41-21-8-10-30(3)20(13-21)6-7-23-22(30)9-11-31(4)28(19-12-26(34)38-16-19)25(40-18(2)33)15-32(23,31)36/h12,17,20-25,27-29,35-36H,6-11,13-16H2,1-5H3/t17-,20+,21-,22-,23+,24-,25-,27-,28-,29-,30-,31+,32-/m0/s1. The molecule has 0 unspecified atom stereocenters. The number of methoxy groups -OCH3 is 1. The molecule has 2 aliphatic heterocycles. The lowest BCUT2D eigenvalue weighted by atomic mass is 9.43. The SMILES string of the molecule is CO[C@H]1C[C@H](O[C@H]2CC[C@@]3(C)[C@H](CC[C@@H]4[C@@H]3CC[C@]3(C)[C@@H](C5=CC(=O)OC5)[C@@H](OC(C)=O)C[C@]43O)C2)O[C@@H](C)[C@@H]1O. The van der Waals surface area contributed by atoms with E-state index in [2.05, 4.69) is 13.8 Å². The number of hydrogen-bond acceptors (Lipinski definition) is 9. The summed E-state index contributed by atoms with van der Waals surface area (Å²) in [5, 5.41) is 23.0. The Morgan fingerprint density at radius 1 is 1.07 bits per heavy atom. The fourth-order valence-corrected chi connectivity index (χ4v) is 10.4. The van der Waals surface area contributed by atoms with Gasteiger partial charge in [-0.3, -0.25) is 4.79 Å². The van der Waals surface area contributed by atoms with Crippen molar-refractivity contribution in [3.8, 4) is 0 Å². The van der Waals surface area contributed by atoms with Crippen molar-refractivity contribution in [2.24, 2.45) is 34.5 Å². The van der Waals surface area contributed by atoms with E-state index in [-0.39, 0.29) is 60.4 Å². The number of fused-ring (bicyclic) bond motifs is 5. The second-order valence-corrected chi connectivity index (χ2v) is 14.3. The molecule has 6 aliphatic rings. The summed E-state index contributed by atoms with van der Waals surface area (Å²) in [6.45, 7) is 8.06. The van der Waals surface area contributed by atoms with Gasteiger partial charge in [0, 0.05) is 44.3 Å². The van der Waals surface area contributed by atoms with E-state index >= 15 is 0 Å². The normalized spacial score (nSPS) is 51.2. The van der Waals surface area contributed by atoms with Crippen LogP contribution in [0.5, 0.6) is 0 Å². The summed E-state index contributed by atoms with van der Waals surface area (Å²) < 4.78 is 29.1. The van der Waals surface area contributed by atoms with Gasteiger partial charge < -0.3 is 33.9 Å². The number of aliphatic hydroxyl groups excluding tert-OH is 1. The fraction of sp³-hybridized carbons (Fsp3) is 0.875. The highest BCUT2D eigenvalue weighted by Crippen LogP contribution is 2.70. The Kier molecular flexibility index (Phi) is 7.62. The summed E-state index contributed by atoms with van der Waals surface area (Å²) in [6, 6.07) is 0. The Hall–Kier alpha value is -1.52. The molecular formula is C32H48O9. The van der Waals surface area contributed by atoms with Crippen molar-refractivity contribution in [1.29, 1.82) is 0 Å². The number of ether oxygens (including phenoxy) is 5. The van der Waals surface area contributed by atoms with Crippen molar-refractivity contribution >= 4 is 11.9 Å². The predicted octanol–water partition coefficient (Wildman–Crippen LogP) is 3.68. The number of cyclic esters (lactones) is 1. The molecule has 41 heavy (non-hydrogen) atoms. The van der Waals surface area contributed by atoms with E-state index < -0.39 is 23.2 Å². The summed E-state index contributed by atoms with van der Waals surface area (Å²) in [7, 11) is 1.62. The lowest BCUT2D eigenvalue weighted by Gasteiger charge is -2.63. The molecule has 4 aliphatic carbocycles. The molecule has 0 aromatic heterocycles. The average molecular weight is 577 g/mol. The Bertz CT molecular complexity index is 1080. The molecule has 2 N–H and O–H groups in total. The molecule has 0 bridgehead atoms. The minimum absolute atomic E-state index is 0.0898. The van der Waals surface area contributed by atoms with Gasteiger partial charge in [-0.25, -0.2) is 4.79 Å². The fourth-order valence-electron chi connectivity index (χ4n) is 10.4. The Balaban J connectivity index is 1.19. The maximum Gasteiger partial charge on any atom is 0.331 e. The minimum Gasteiger partial charge on any atom is -0.462 e. The van der Waals surface area contributed by atoms with E-state index in [4.69, 9.17) is 23.7 Å². The second-order valence-electron chi connectivity index (χ2n) is 14.3. The van der Waals surface area contributed by atoms with E-state index in [1.807, 2.05) is 6.92 Å². The molecule has 0 amide bonds. The lowest BCUT2D eigenvalue weighted by Crippen LogP contribution is -2.62. The summed E-state index contributed by atoms with van der Waals surface area (Å²) in [4.78, 5) is 24.2.